The summed E-state index contributed by atoms with van der Waals surface area (Å²) in [6, 6.07) is 14.6. The van der Waals surface area contributed by atoms with Gasteiger partial charge in [-0.15, -0.1) is 0 Å². The number of nitrogens with one attached hydrogen (secondary N) is 2. The van der Waals surface area contributed by atoms with E-state index in [0.717, 1.165) is 15.6 Å². The van der Waals surface area contributed by atoms with Crippen LogP contribution in [0.3, 0.4) is 0 Å². The molecular formula is C16H14BrN3O2. The summed E-state index contributed by atoms with van der Waals surface area (Å²) in [5.74, 6) is -1.58. The van der Waals surface area contributed by atoms with Crippen LogP contribution in [0.4, 0.5) is 5.69 Å². The molecule has 0 saturated carbocycles. The summed E-state index contributed by atoms with van der Waals surface area (Å²) in [5.41, 5.74) is 4.47. The summed E-state index contributed by atoms with van der Waals surface area (Å²) in [6.45, 7) is 1.85. The van der Waals surface area contributed by atoms with Crippen molar-refractivity contribution < 1.29 is 9.59 Å². The summed E-state index contributed by atoms with van der Waals surface area (Å²) in [6.07, 6.45) is 1.46. The third kappa shape index (κ3) is 4.53. The molecule has 6 heteroatoms. The van der Waals surface area contributed by atoms with E-state index in [1.54, 1.807) is 12.1 Å². The summed E-state index contributed by atoms with van der Waals surface area (Å²) >= 11 is 3.33. The monoisotopic (exact) mass is 359 g/mol. The molecule has 2 amide bonds. The molecule has 2 N–H and O–H groups in total. The predicted octanol–water partition coefficient (Wildman–Crippen LogP) is 2.85. The molecule has 0 aliphatic carbocycles. The van der Waals surface area contributed by atoms with Crippen LogP contribution in [0.5, 0.6) is 0 Å². The molecule has 0 bridgehead atoms. The van der Waals surface area contributed by atoms with E-state index in [4.69, 9.17) is 0 Å². The van der Waals surface area contributed by atoms with Crippen molar-refractivity contribution in [1.82, 2.24) is 5.43 Å². The van der Waals surface area contributed by atoms with E-state index >= 15 is 0 Å². The molecule has 0 fully saturated rings. The van der Waals surface area contributed by atoms with Gasteiger partial charge in [0.2, 0.25) is 0 Å². The number of amides is 2. The van der Waals surface area contributed by atoms with Gasteiger partial charge in [-0.3, -0.25) is 9.59 Å². The van der Waals surface area contributed by atoms with Crippen LogP contribution in [0.2, 0.25) is 0 Å². The van der Waals surface area contributed by atoms with Gasteiger partial charge in [0.1, 0.15) is 0 Å². The van der Waals surface area contributed by atoms with Crippen molar-refractivity contribution in [3.8, 4) is 0 Å². The van der Waals surface area contributed by atoms with Gasteiger partial charge in [0.05, 0.1) is 6.21 Å². The van der Waals surface area contributed by atoms with Crippen LogP contribution in [-0.2, 0) is 9.59 Å². The Morgan fingerprint density at radius 3 is 2.41 bits per heavy atom. The van der Waals surface area contributed by atoms with E-state index in [-0.39, 0.29) is 0 Å². The number of rotatable bonds is 3. The Kier molecular flexibility index (Phi) is 5.43. The molecule has 2 aromatic rings. The number of nitrogens with zero attached hydrogens (tertiary/aromatic N) is 1. The molecule has 0 heterocycles. The molecule has 2 aromatic carbocycles. The van der Waals surface area contributed by atoms with Crippen LogP contribution in [0.1, 0.15) is 11.1 Å². The Hall–Kier alpha value is -2.47. The normalized spacial score (nSPS) is 10.5. The minimum atomic E-state index is -0.823. The summed E-state index contributed by atoms with van der Waals surface area (Å²) < 4.78 is 0.950. The van der Waals surface area contributed by atoms with Gasteiger partial charge in [0.15, 0.2) is 0 Å². The average molecular weight is 360 g/mol. The number of hydrazone groups is 1. The van der Waals surface area contributed by atoms with Crippen LogP contribution in [0, 0.1) is 6.92 Å². The predicted molar refractivity (Wildman–Crippen MR) is 89.7 cm³/mol. The fourth-order valence-corrected chi connectivity index (χ4v) is 1.92. The smallest absolute Gasteiger partial charge is 0.317 e. The number of benzene rings is 2. The van der Waals surface area contributed by atoms with Crippen LogP contribution < -0.4 is 10.7 Å². The maximum Gasteiger partial charge on any atom is 0.329 e. The molecule has 0 aliphatic heterocycles. The Bertz CT molecular complexity index is 712. The quantitative estimate of drug-likeness (QED) is 0.502. The lowest BCUT2D eigenvalue weighted by molar-refractivity contribution is -0.136. The lowest BCUT2D eigenvalue weighted by atomic mass is 10.2. The molecular weight excluding hydrogens is 346 g/mol. The van der Waals surface area contributed by atoms with Crippen LogP contribution >= 0.6 is 15.9 Å². The van der Waals surface area contributed by atoms with Gasteiger partial charge in [-0.1, -0.05) is 46.3 Å². The van der Waals surface area contributed by atoms with E-state index in [0.29, 0.717) is 5.69 Å². The standard InChI is InChI=1S/C16H14BrN3O2/c1-11-4-2-3-5-14(11)19-15(21)16(22)20-18-10-12-6-8-13(17)9-7-12/h2-10H,1H3,(H,19,21)(H,20,22). The number of aryl methyl sites for hydroxylation is 1. The highest BCUT2D eigenvalue weighted by molar-refractivity contribution is 9.10. The summed E-state index contributed by atoms with van der Waals surface area (Å²) in [5, 5.41) is 6.29. The van der Waals surface area contributed by atoms with Crippen molar-refractivity contribution in [3.05, 3.63) is 64.1 Å². The lowest BCUT2D eigenvalue weighted by Gasteiger charge is -2.06. The Morgan fingerprint density at radius 2 is 1.73 bits per heavy atom. The van der Waals surface area contributed by atoms with Crippen molar-refractivity contribution >= 4 is 39.6 Å². The van der Waals surface area contributed by atoms with Crippen molar-refractivity contribution in [3.63, 3.8) is 0 Å². The molecule has 0 saturated heterocycles. The molecule has 0 atom stereocenters. The van der Waals surface area contributed by atoms with Gasteiger partial charge >= 0.3 is 11.8 Å². The highest BCUT2D eigenvalue weighted by atomic mass is 79.9. The first-order valence-electron chi connectivity index (χ1n) is 6.52. The van der Waals surface area contributed by atoms with E-state index in [1.807, 2.05) is 43.3 Å². The third-order valence-corrected chi connectivity index (χ3v) is 3.38. The second-order valence-corrected chi connectivity index (χ2v) is 5.44. The number of para-hydroxylation sites is 1. The first-order valence-corrected chi connectivity index (χ1v) is 7.31. The highest BCUT2D eigenvalue weighted by Crippen LogP contribution is 2.12. The van der Waals surface area contributed by atoms with E-state index in [9.17, 15) is 9.59 Å². The zero-order chi connectivity index (χ0) is 15.9. The molecule has 22 heavy (non-hydrogen) atoms. The SMILES string of the molecule is Cc1ccccc1NC(=O)C(=O)NN=Cc1ccc(Br)cc1. The fourth-order valence-electron chi connectivity index (χ4n) is 1.66. The molecule has 2 rings (SSSR count). The zero-order valence-electron chi connectivity index (χ0n) is 11.8. The van der Waals surface area contributed by atoms with E-state index < -0.39 is 11.8 Å². The van der Waals surface area contributed by atoms with E-state index in [2.05, 4.69) is 31.8 Å². The molecule has 0 unspecified atom stereocenters. The van der Waals surface area contributed by atoms with Gasteiger partial charge < -0.3 is 5.32 Å². The second-order valence-electron chi connectivity index (χ2n) is 4.52. The minimum absolute atomic E-state index is 0.597. The largest absolute Gasteiger partial charge is 0.329 e. The van der Waals surface area contributed by atoms with Crippen molar-refractivity contribution in [2.75, 3.05) is 5.32 Å². The molecule has 0 aliphatic rings. The van der Waals surface area contributed by atoms with Crippen molar-refractivity contribution in [2.24, 2.45) is 5.10 Å². The molecule has 0 spiro atoms. The van der Waals surface area contributed by atoms with Crippen molar-refractivity contribution in [2.45, 2.75) is 6.92 Å². The maximum atomic E-state index is 11.7. The molecule has 5 nitrogen and oxygen atoms in total. The number of anilines is 1. The second kappa shape index (κ2) is 7.51. The topological polar surface area (TPSA) is 70.6 Å². The Labute approximate surface area is 136 Å². The third-order valence-electron chi connectivity index (χ3n) is 2.85. The highest BCUT2D eigenvalue weighted by Gasteiger charge is 2.13. The first-order chi connectivity index (χ1) is 10.6. The summed E-state index contributed by atoms with van der Waals surface area (Å²) in [4.78, 5) is 23.4. The number of halogens is 1. The Balaban J connectivity index is 1.90. The Morgan fingerprint density at radius 1 is 1.05 bits per heavy atom. The van der Waals surface area contributed by atoms with Crippen molar-refractivity contribution in [1.29, 1.82) is 0 Å². The fraction of sp³-hybridized carbons (Fsp3) is 0.0625. The van der Waals surface area contributed by atoms with Gasteiger partial charge in [0.25, 0.3) is 0 Å². The van der Waals surface area contributed by atoms with Crippen LogP contribution in [0.15, 0.2) is 58.1 Å². The number of carbonyl (C=O) groups is 2. The van der Waals surface area contributed by atoms with E-state index in [1.165, 1.54) is 6.21 Å². The lowest BCUT2D eigenvalue weighted by Crippen LogP contribution is -2.32. The van der Waals surface area contributed by atoms with Gasteiger partial charge in [-0.05, 0) is 36.2 Å². The zero-order valence-corrected chi connectivity index (χ0v) is 13.4. The molecule has 0 aromatic heterocycles. The summed E-state index contributed by atoms with van der Waals surface area (Å²) in [7, 11) is 0. The van der Waals surface area contributed by atoms with Gasteiger partial charge in [0, 0.05) is 10.2 Å². The number of carbonyl (C=O) groups excluding carboxylic acids is 2. The minimum Gasteiger partial charge on any atom is -0.317 e. The average Bonchev–Trinajstić information content (AvgIpc) is 2.51. The number of hydrogen-bond acceptors (Lipinski definition) is 3. The van der Waals surface area contributed by atoms with Crippen LogP contribution in [0.25, 0.3) is 0 Å². The number of hydrogen-bond donors (Lipinski definition) is 2. The first kappa shape index (κ1) is 15.9. The van der Waals surface area contributed by atoms with Gasteiger partial charge in [-0.25, -0.2) is 5.43 Å². The van der Waals surface area contributed by atoms with Crippen LogP contribution in [-0.4, -0.2) is 18.0 Å². The molecule has 0 radical (unpaired) electrons. The maximum absolute atomic E-state index is 11.7. The van der Waals surface area contributed by atoms with Gasteiger partial charge in [-0.2, -0.15) is 5.10 Å². The molecule has 112 valence electrons.